The Balaban J connectivity index is 2.10. The summed E-state index contributed by atoms with van der Waals surface area (Å²) in [6, 6.07) is 0. The lowest BCUT2D eigenvalue weighted by atomic mass is 9.73. The first-order valence-corrected chi connectivity index (χ1v) is 6.04. The minimum atomic E-state index is -0.766. The molecular weight excluding hydrogens is 192 g/mol. The van der Waals surface area contributed by atoms with Crippen LogP contribution in [0.25, 0.3) is 0 Å². The fourth-order valence-corrected chi connectivity index (χ4v) is 2.87. The largest absolute Gasteiger partial charge is 0.465 e. The number of carbonyl (C=O) groups excluding carboxylic acids is 1. The maximum Gasteiger partial charge on any atom is 0.314 e. The molecule has 0 radical (unpaired) electrons. The first-order valence-electron chi connectivity index (χ1n) is 6.04. The Hall–Kier alpha value is -0.570. The number of carbonyl (C=O) groups is 1. The van der Waals surface area contributed by atoms with E-state index in [0.717, 1.165) is 38.5 Å². The predicted octanol–water partition coefficient (Wildman–Crippen LogP) is 2.02. The Morgan fingerprint density at radius 1 is 1.20 bits per heavy atom. The van der Waals surface area contributed by atoms with Gasteiger partial charge in [0.1, 0.15) is 0 Å². The van der Waals surface area contributed by atoms with Crippen LogP contribution in [0.3, 0.4) is 0 Å². The fourth-order valence-electron chi connectivity index (χ4n) is 2.87. The van der Waals surface area contributed by atoms with Crippen LogP contribution < -0.4 is 0 Å². The Labute approximate surface area is 90.8 Å². The zero-order valence-corrected chi connectivity index (χ0v) is 9.42. The van der Waals surface area contributed by atoms with Crippen molar-refractivity contribution in [3.05, 3.63) is 0 Å². The van der Waals surface area contributed by atoms with Gasteiger partial charge >= 0.3 is 5.97 Å². The van der Waals surface area contributed by atoms with Crippen LogP contribution in [0.5, 0.6) is 0 Å². The number of aliphatic hydroxyl groups is 1. The van der Waals surface area contributed by atoms with E-state index < -0.39 is 11.0 Å². The normalized spacial score (nSPS) is 27.1. The van der Waals surface area contributed by atoms with Crippen molar-refractivity contribution in [2.75, 3.05) is 6.61 Å². The van der Waals surface area contributed by atoms with Gasteiger partial charge in [-0.2, -0.15) is 0 Å². The molecule has 3 heteroatoms. The SMILES string of the molecule is CCOC(=O)C1(C2(O)CCCCC2)CC1. The van der Waals surface area contributed by atoms with Crippen LogP contribution in [0.2, 0.25) is 0 Å². The second-order valence-corrected chi connectivity index (χ2v) is 4.89. The van der Waals surface area contributed by atoms with E-state index in [1.165, 1.54) is 6.42 Å². The van der Waals surface area contributed by atoms with E-state index in [-0.39, 0.29) is 5.97 Å². The molecule has 0 aromatic rings. The Morgan fingerprint density at radius 3 is 2.27 bits per heavy atom. The quantitative estimate of drug-likeness (QED) is 0.728. The molecule has 2 saturated carbocycles. The molecule has 0 spiro atoms. The first-order chi connectivity index (χ1) is 7.15. The van der Waals surface area contributed by atoms with Crippen molar-refractivity contribution in [2.24, 2.45) is 5.41 Å². The summed E-state index contributed by atoms with van der Waals surface area (Å²) in [5.74, 6) is -0.172. The highest BCUT2D eigenvalue weighted by molar-refractivity contribution is 5.81. The molecule has 1 N–H and O–H groups in total. The van der Waals surface area contributed by atoms with Crippen molar-refractivity contribution >= 4 is 5.97 Å². The third kappa shape index (κ3) is 1.67. The van der Waals surface area contributed by atoms with E-state index in [1.54, 1.807) is 0 Å². The molecule has 0 atom stereocenters. The summed E-state index contributed by atoms with van der Waals surface area (Å²) in [7, 11) is 0. The predicted molar refractivity (Wildman–Crippen MR) is 56.3 cm³/mol. The van der Waals surface area contributed by atoms with Crippen molar-refractivity contribution in [2.45, 2.75) is 57.5 Å². The summed E-state index contributed by atoms with van der Waals surface area (Å²) in [5, 5.41) is 10.6. The van der Waals surface area contributed by atoms with Gasteiger partial charge in [-0.25, -0.2) is 0 Å². The molecule has 0 aliphatic heterocycles. The number of rotatable bonds is 3. The number of esters is 1. The second kappa shape index (κ2) is 3.78. The maximum absolute atomic E-state index is 11.8. The maximum atomic E-state index is 11.8. The summed E-state index contributed by atoms with van der Waals surface area (Å²) < 4.78 is 5.09. The van der Waals surface area contributed by atoms with Crippen LogP contribution in [0, 0.1) is 5.41 Å². The average Bonchev–Trinajstić information content (AvgIpc) is 3.00. The van der Waals surface area contributed by atoms with Gasteiger partial charge in [0.15, 0.2) is 0 Å². The first kappa shape index (κ1) is 10.9. The van der Waals surface area contributed by atoms with Crippen LogP contribution in [-0.2, 0) is 9.53 Å². The topological polar surface area (TPSA) is 46.5 Å². The fraction of sp³-hybridized carbons (Fsp3) is 0.917. The molecule has 2 aliphatic rings. The zero-order chi connectivity index (χ0) is 10.9. The lowest BCUT2D eigenvalue weighted by molar-refractivity contribution is -0.165. The van der Waals surface area contributed by atoms with Crippen LogP contribution in [0.4, 0.5) is 0 Å². The van der Waals surface area contributed by atoms with E-state index in [1.807, 2.05) is 6.92 Å². The van der Waals surface area contributed by atoms with Gasteiger partial charge < -0.3 is 9.84 Å². The van der Waals surface area contributed by atoms with Crippen molar-refractivity contribution in [1.29, 1.82) is 0 Å². The molecule has 0 saturated heterocycles. The van der Waals surface area contributed by atoms with Gasteiger partial charge in [-0.3, -0.25) is 4.79 Å². The van der Waals surface area contributed by atoms with Gasteiger partial charge in [-0.1, -0.05) is 19.3 Å². The highest BCUT2D eigenvalue weighted by Gasteiger charge is 2.64. The van der Waals surface area contributed by atoms with Gasteiger partial charge in [-0.15, -0.1) is 0 Å². The molecule has 86 valence electrons. The molecule has 0 aromatic heterocycles. The number of ether oxygens (including phenoxy) is 1. The summed E-state index contributed by atoms with van der Waals surface area (Å²) in [6.07, 6.45) is 6.42. The molecule has 0 amide bonds. The molecule has 2 aliphatic carbocycles. The zero-order valence-electron chi connectivity index (χ0n) is 9.42. The van der Waals surface area contributed by atoms with Crippen molar-refractivity contribution in [3.8, 4) is 0 Å². The summed E-state index contributed by atoms with van der Waals surface area (Å²) in [6.45, 7) is 2.23. The van der Waals surface area contributed by atoms with E-state index in [2.05, 4.69) is 0 Å². The molecule has 2 rings (SSSR count). The lowest BCUT2D eigenvalue weighted by Gasteiger charge is -2.38. The molecule has 0 heterocycles. The smallest absolute Gasteiger partial charge is 0.314 e. The van der Waals surface area contributed by atoms with Crippen LogP contribution in [-0.4, -0.2) is 23.3 Å². The standard InChI is InChI=1S/C12H20O3/c1-2-15-10(13)11(8-9-11)12(14)6-4-3-5-7-12/h14H,2-9H2,1H3. The van der Waals surface area contributed by atoms with Crippen molar-refractivity contribution in [3.63, 3.8) is 0 Å². The lowest BCUT2D eigenvalue weighted by Crippen LogP contribution is -2.46. The third-order valence-electron chi connectivity index (χ3n) is 3.99. The van der Waals surface area contributed by atoms with Gasteiger partial charge in [0.05, 0.1) is 17.6 Å². The van der Waals surface area contributed by atoms with Gasteiger partial charge in [0.25, 0.3) is 0 Å². The van der Waals surface area contributed by atoms with Crippen LogP contribution >= 0.6 is 0 Å². The van der Waals surface area contributed by atoms with Crippen LogP contribution in [0.1, 0.15) is 51.9 Å². The Kier molecular flexibility index (Phi) is 2.75. The number of hydrogen-bond acceptors (Lipinski definition) is 3. The Morgan fingerprint density at radius 2 is 1.80 bits per heavy atom. The van der Waals surface area contributed by atoms with Crippen molar-refractivity contribution < 1.29 is 14.6 Å². The molecule has 0 aromatic carbocycles. The summed E-state index contributed by atoms with van der Waals surface area (Å²) >= 11 is 0. The average molecular weight is 212 g/mol. The second-order valence-electron chi connectivity index (χ2n) is 4.89. The van der Waals surface area contributed by atoms with Crippen molar-refractivity contribution in [1.82, 2.24) is 0 Å². The van der Waals surface area contributed by atoms with E-state index in [0.29, 0.717) is 6.61 Å². The molecule has 0 unspecified atom stereocenters. The minimum Gasteiger partial charge on any atom is -0.465 e. The van der Waals surface area contributed by atoms with E-state index >= 15 is 0 Å². The minimum absolute atomic E-state index is 0.172. The highest BCUT2D eigenvalue weighted by Crippen LogP contribution is 2.59. The third-order valence-corrected chi connectivity index (χ3v) is 3.99. The van der Waals surface area contributed by atoms with Gasteiger partial charge in [0, 0.05) is 0 Å². The summed E-state index contributed by atoms with van der Waals surface area (Å²) in [5.41, 5.74) is -1.30. The van der Waals surface area contributed by atoms with E-state index in [9.17, 15) is 9.90 Å². The van der Waals surface area contributed by atoms with Crippen LogP contribution in [0.15, 0.2) is 0 Å². The summed E-state index contributed by atoms with van der Waals surface area (Å²) in [4.78, 5) is 11.8. The molecule has 3 nitrogen and oxygen atoms in total. The van der Waals surface area contributed by atoms with Gasteiger partial charge in [-0.05, 0) is 32.6 Å². The molecular formula is C12H20O3. The molecule has 2 fully saturated rings. The Bertz CT molecular complexity index is 250. The monoisotopic (exact) mass is 212 g/mol. The molecule has 15 heavy (non-hydrogen) atoms. The highest BCUT2D eigenvalue weighted by atomic mass is 16.5. The van der Waals surface area contributed by atoms with Gasteiger partial charge in [0.2, 0.25) is 0 Å². The molecule has 0 bridgehead atoms. The van der Waals surface area contributed by atoms with E-state index in [4.69, 9.17) is 4.74 Å². The number of hydrogen-bond donors (Lipinski definition) is 1.